The lowest BCUT2D eigenvalue weighted by molar-refractivity contribution is -0.116. The van der Waals surface area contributed by atoms with Crippen molar-refractivity contribution in [1.82, 2.24) is 14.6 Å². The molecule has 168 valence electrons. The van der Waals surface area contributed by atoms with Crippen molar-refractivity contribution in [3.63, 3.8) is 0 Å². The number of nitrogens with zero attached hydrogens (tertiary/aromatic N) is 3. The van der Waals surface area contributed by atoms with Gasteiger partial charge >= 0.3 is 0 Å². The van der Waals surface area contributed by atoms with E-state index in [1.807, 2.05) is 17.5 Å². The van der Waals surface area contributed by atoms with E-state index in [-0.39, 0.29) is 30.5 Å². The number of hydrogen-bond acceptors (Lipinski definition) is 5. The highest BCUT2D eigenvalue weighted by molar-refractivity contribution is 7.15. The normalized spacial score (nSPS) is 13.2. The van der Waals surface area contributed by atoms with Crippen molar-refractivity contribution in [2.24, 2.45) is 0 Å². The average Bonchev–Trinajstić information content (AvgIpc) is 3.37. The summed E-state index contributed by atoms with van der Waals surface area (Å²) in [4.78, 5) is 30.3. The highest BCUT2D eigenvalue weighted by Gasteiger charge is 2.17. The molecule has 0 fully saturated rings. The smallest absolute Gasteiger partial charge is 0.250 e. The second-order valence-corrected chi connectivity index (χ2v) is 9.57. The minimum absolute atomic E-state index is 0.00515. The van der Waals surface area contributed by atoms with Crippen LogP contribution in [0.2, 0.25) is 0 Å². The topological polar surface area (TPSA) is 76.4 Å². The first-order chi connectivity index (χ1) is 16.0. The number of nitrogens with one attached hydrogen (secondary N) is 1. The van der Waals surface area contributed by atoms with Crippen molar-refractivity contribution in [2.75, 3.05) is 5.32 Å². The predicted molar refractivity (Wildman–Crippen MR) is 131 cm³/mol. The fraction of sp³-hybridized carbons (Fsp3) is 0.308. The van der Waals surface area contributed by atoms with E-state index in [1.165, 1.54) is 40.9 Å². The number of rotatable bonds is 6. The van der Waals surface area contributed by atoms with Crippen LogP contribution in [0.1, 0.15) is 58.3 Å². The molecule has 0 saturated heterocycles. The van der Waals surface area contributed by atoms with Gasteiger partial charge in [0.1, 0.15) is 0 Å². The Labute approximate surface area is 196 Å². The molecule has 4 aromatic rings. The van der Waals surface area contributed by atoms with Gasteiger partial charge in [0, 0.05) is 29.3 Å². The fourth-order valence-electron chi connectivity index (χ4n) is 4.49. The van der Waals surface area contributed by atoms with E-state index in [9.17, 15) is 9.59 Å². The Kier molecular flexibility index (Phi) is 5.81. The summed E-state index contributed by atoms with van der Waals surface area (Å²) >= 11 is 1.48. The standard InChI is InChI=1S/C26H26N4O2S/c1-16-7-10-21(17(2)13-16)22-15-33-26-28-25(29-30(22)26)27-24(32)12-11-23(31)20-9-8-18-5-3-4-6-19(18)14-20/h7-10,13-15H,3-6,11-12H2,1-2H3,(H,27,29,32). The maximum absolute atomic E-state index is 12.6. The maximum Gasteiger partial charge on any atom is 0.250 e. The minimum Gasteiger partial charge on any atom is -0.294 e. The monoisotopic (exact) mass is 458 g/mol. The van der Waals surface area contributed by atoms with Crippen LogP contribution in [0.15, 0.2) is 41.8 Å². The van der Waals surface area contributed by atoms with Crippen LogP contribution >= 0.6 is 11.3 Å². The third kappa shape index (κ3) is 4.46. The molecule has 1 aliphatic rings. The predicted octanol–water partition coefficient (Wildman–Crippen LogP) is 5.56. The van der Waals surface area contributed by atoms with Crippen LogP contribution in [0.25, 0.3) is 16.2 Å². The number of amides is 1. The van der Waals surface area contributed by atoms with Gasteiger partial charge in [0.2, 0.25) is 16.8 Å². The van der Waals surface area contributed by atoms with Crippen LogP contribution in [0.4, 0.5) is 5.95 Å². The number of ketones is 1. The maximum atomic E-state index is 12.6. The van der Waals surface area contributed by atoms with Crippen molar-refractivity contribution in [3.05, 3.63) is 69.6 Å². The lowest BCUT2D eigenvalue weighted by Crippen LogP contribution is -2.15. The first kappa shape index (κ1) is 21.5. The molecule has 2 aromatic carbocycles. The molecule has 1 aliphatic carbocycles. The third-order valence-electron chi connectivity index (χ3n) is 6.24. The molecular formula is C26H26N4O2S. The van der Waals surface area contributed by atoms with Gasteiger partial charge in [0.15, 0.2) is 5.78 Å². The Morgan fingerprint density at radius 2 is 1.85 bits per heavy atom. The highest BCUT2D eigenvalue weighted by atomic mass is 32.1. The van der Waals surface area contributed by atoms with E-state index in [4.69, 9.17) is 0 Å². The zero-order valence-electron chi connectivity index (χ0n) is 18.9. The Morgan fingerprint density at radius 3 is 2.67 bits per heavy atom. The molecule has 7 heteroatoms. The molecule has 1 N–H and O–H groups in total. The third-order valence-corrected chi connectivity index (χ3v) is 7.06. The molecular weight excluding hydrogens is 432 g/mol. The van der Waals surface area contributed by atoms with Gasteiger partial charge < -0.3 is 0 Å². The van der Waals surface area contributed by atoms with E-state index in [0.717, 1.165) is 29.7 Å². The summed E-state index contributed by atoms with van der Waals surface area (Å²) in [5.41, 5.74) is 7.73. The summed E-state index contributed by atoms with van der Waals surface area (Å²) in [5.74, 6) is 0.00108. The van der Waals surface area contributed by atoms with Crippen LogP contribution < -0.4 is 5.32 Å². The van der Waals surface area contributed by atoms with E-state index in [0.29, 0.717) is 10.5 Å². The summed E-state index contributed by atoms with van der Waals surface area (Å²) < 4.78 is 1.76. The highest BCUT2D eigenvalue weighted by Crippen LogP contribution is 2.29. The van der Waals surface area contributed by atoms with E-state index in [2.05, 4.69) is 53.5 Å². The van der Waals surface area contributed by atoms with Crippen LogP contribution in [0.5, 0.6) is 0 Å². The first-order valence-electron chi connectivity index (χ1n) is 11.3. The first-order valence-corrected chi connectivity index (χ1v) is 12.2. The molecule has 33 heavy (non-hydrogen) atoms. The molecule has 1 amide bonds. The molecule has 6 nitrogen and oxygen atoms in total. The molecule has 0 bridgehead atoms. The summed E-state index contributed by atoms with van der Waals surface area (Å²) in [6.07, 6.45) is 4.78. The lowest BCUT2D eigenvalue weighted by atomic mass is 9.89. The Hall–Kier alpha value is -3.32. The van der Waals surface area contributed by atoms with Crippen LogP contribution in [0.3, 0.4) is 0 Å². The number of aromatic nitrogens is 3. The average molecular weight is 459 g/mol. The van der Waals surface area contributed by atoms with Crippen LogP contribution in [0, 0.1) is 13.8 Å². The van der Waals surface area contributed by atoms with Crippen molar-refractivity contribution < 1.29 is 9.59 Å². The van der Waals surface area contributed by atoms with Gasteiger partial charge in [0.25, 0.3) is 0 Å². The number of benzene rings is 2. The number of carbonyl (C=O) groups excluding carboxylic acids is 2. The quantitative estimate of drug-likeness (QED) is 0.384. The number of thiazole rings is 1. The summed E-state index contributed by atoms with van der Waals surface area (Å²) in [7, 11) is 0. The van der Waals surface area contributed by atoms with Gasteiger partial charge in [-0.15, -0.1) is 16.4 Å². The number of Topliss-reactive ketones (excluding diaryl/α,β-unsaturated/α-hetero) is 1. The number of hydrogen-bond donors (Lipinski definition) is 1. The molecule has 2 heterocycles. The zero-order chi connectivity index (χ0) is 22.9. The summed E-state index contributed by atoms with van der Waals surface area (Å²) in [6.45, 7) is 4.14. The number of anilines is 1. The van der Waals surface area contributed by atoms with Crippen molar-refractivity contribution >= 4 is 33.9 Å². The summed E-state index contributed by atoms with van der Waals surface area (Å²) in [5, 5.41) is 9.26. The van der Waals surface area contributed by atoms with Gasteiger partial charge in [0.05, 0.1) is 5.69 Å². The Bertz CT molecular complexity index is 1370. The van der Waals surface area contributed by atoms with E-state index in [1.54, 1.807) is 4.52 Å². The summed E-state index contributed by atoms with van der Waals surface area (Å²) in [6, 6.07) is 12.3. The van der Waals surface area contributed by atoms with Gasteiger partial charge in [-0.1, -0.05) is 35.9 Å². The molecule has 5 rings (SSSR count). The van der Waals surface area contributed by atoms with Crippen molar-refractivity contribution in [1.29, 1.82) is 0 Å². The van der Waals surface area contributed by atoms with Crippen molar-refractivity contribution in [2.45, 2.75) is 52.4 Å². The van der Waals surface area contributed by atoms with Gasteiger partial charge in [-0.25, -0.2) is 4.52 Å². The largest absolute Gasteiger partial charge is 0.294 e. The molecule has 0 saturated carbocycles. The SMILES string of the molecule is Cc1ccc(-c2csc3nc(NC(=O)CCC(=O)c4ccc5c(c4)CCCC5)nn23)c(C)c1. The molecule has 0 radical (unpaired) electrons. The van der Waals surface area contributed by atoms with E-state index >= 15 is 0 Å². The molecule has 0 spiro atoms. The number of fused-ring (bicyclic) bond motifs is 2. The molecule has 2 aromatic heterocycles. The van der Waals surface area contributed by atoms with Crippen LogP contribution in [-0.4, -0.2) is 26.3 Å². The second kappa shape index (κ2) is 8.90. The van der Waals surface area contributed by atoms with E-state index < -0.39 is 0 Å². The van der Waals surface area contributed by atoms with Crippen molar-refractivity contribution in [3.8, 4) is 11.3 Å². The fourth-order valence-corrected chi connectivity index (χ4v) is 5.31. The minimum atomic E-state index is -0.257. The van der Waals surface area contributed by atoms with Gasteiger partial charge in [-0.2, -0.15) is 4.98 Å². The number of aryl methyl sites for hydroxylation is 4. The zero-order valence-corrected chi connectivity index (χ0v) is 19.7. The number of carbonyl (C=O) groups is 2. The molecule has 0 aliphatic heterocycles. The lowest BCUT2D eigenvalue weighted by Gasteiger charge is -2.16. The molecule has 0 atom stereocenters. The van der Waals surface area contributed by atoms with Gasteiger partial charge in [-0.3, -0.25) is 14.9 Å². The van der Waals surface area contributed by atoms with Crippen LogP contribution in [-0.2, 0) is 17.6 Å². The second-order valence-electron chi connectivity index (χ2n) is 8.73. The Morgan fingerprint density at radius 1 is 1.03 bits per heavy atom. The Balaban J connectivity index is 1.24. The van der Waals surface area contributed by atoms with Gasteiger partial charge in [-0.05, 0) is 62.3 Å². The molecule has 0 unspecified atom stereocenters.